The minimum absolute atomic E-state index is 0.0480. The molecule has 0 atom stereocenters. The van der Waals surface area contributed by atoms with Gasteiger partial charge in [0, 0.05) is 17.6 Å². The molecule has 0 aliphatic heterocycles. The van der Waals surface area contributed by atoms with Crippen LogP contribution in [0.15, 0.2) is 18.2 Å². The van der Waals surface area contributed by atoms with Gasteiger partial charge in [-0.25, -0.2) is 4.39 Å². The summed E-state index contributed by atoms with van der Waals surface area (Å²) in [5, 5.41) is 17.4. The zero-order chi connectivity index (χ0) is 9.14. The average Bonchev–Trinajstić information content (AvgIpc) is 2.04. The summed E-state index contributed by atoms with van der Waals surface area (Å²) >= 11 is 0. The molecule has 1 rings (SSSR count). The fraction of sp³-hybridized carbons (Fsp3) is 0.143. The van der Waals surface area contributed by atoms with E-state index in [4.69, 9.17) is 15.8 Å². The Balaban J connectivity index is 3.14. The monoisotopic (exact) mass is 169 g/mol. The van der Waals surface area contributed by atoms with Gasteiger partial charge in [0.2, 0.25) is 0 Å². The van der Waals surface area contributed by atoms with E-state index in [-0.39, 0.29) is 17.6 Å². The third-order valence-corrected chi connectivity index (χ3v) is 1.61. The van der Waals surface area contributed by atoms with Crippen molar-refractivity contribution in [1.29, 1.82) is 0 Å². The van der Waals surface area contributed by atoms with E-state index < -0.39 is 12.9 Å². The number of hydrogen-bond donors (Lipinski definition) is 3. The van der Waals surface area contributed by atoms with Crippen LogP contribution in [-0.4, -0.2) is 17.2 Å². The van der Waals surface area contributed by atoms with Crippen molar-refractivity contribution in [3.63, 3.8) is 0 Å². The molecule has 1 aromatic rings. The molecule has 64 valence electrons. The van der Waals surface area contributed by atoms with Crippen LogP contribution in [0.25, 0.3) is 0 Å². The van der Waals surface area contributed by atoms with E-state index in [2.05, 4.69) is 0 Å². The van der Waals surface area contributed by atoms with Gasteiger partial charge in [0.1, 0.15) is 5.82 Å². The molecule has 0 saturated heterocycles. The van der Waals surface area contributed by atoms with Crippen LogP contribution in [-0.2, 0) is 6.54 Å². The Bertz CT molecular complexity index is 280. The van der Waals surface area contributed by atoms with E-state index in [9.17, 15) is 4.39 Å². The van der Waals surface area contributed by atoms with Gasteiger partial charge in [0.15, 0.2) is 0 Å². The van der Waals surface area contributed by atoms with Crippen LogP contribution in [0.4, 0.5) is 4.39 Å². The number of halogens is 1. The normalized spacial score (nSPS) is 10.0. The highest BCUT2D eigenvalue weighted by Gasteiger charge is 2.17. The first-order chi connectivity index (χ1) is 5.66. The highest BCUT2D eigenvalue weighted by Crippen LogP contribution is 2.03. The second-order valence-electron chi connectivity index (χ2n) is 2.40. The van der Waals surface area contributed by atoms with Crippen LogP contribution < -0.4 is 11.2 Å². The standard InChI is InChI=1S/C7H9BFNO2/c9-7-5(4-10)2-1-3-6(7)8(11)12/h1-3,11-12H,4,10H2. The summed E-state index contributed by atoms with van der Waals surface area (Å²) in [4.78, 5) is 0. The SMILES string of the molecule is NCc1cccc(B(O)O)c1F. The number of nitrogens with two attached hydrogens (primary N) is 1. The van der Waals surface area contributed by atoms with Crippen molar-refractivity contribution in [3.05, 3.63) is 29.6 Å². The fourth-order valence-corrected chi connectivity index (χ4v) is 0.957. The van der Waals surface area contributed by atoms with Gasteiger partial charge in [-0.1, -0.05) is 18.2 Å². The number of rotatable bonds is 2. The third kappa shape index (κ3) is 1.63. The Hall–Kier alpha value is -0.905. The maximum atomic E-state index is 13.1. The predicted octanol–water partition coefficient (Wildman–Crippen LogP) is -1.04. The minimum atomic E-state index is -1.78. The van der Waals surface area contributed by atoms with Crippen molar-refractivity contribution in [1.82, 2.24) is 0 Å². The van der Waals surface area contributed by atoms with Gasteiger partial charge in [-0.3, -0.25) is 0 Å². The molecule has 0 unspecified atom stereocenters. The van der Waals surface area contributed by atoms with Crippen LogP contribution in [0.1, 0.15) is 5.56 Å². The molecule has 12 heavy (non-hydrogen) atoms. The fourth-order valence-electron chi connectivity index (χ4n) is 0.957. The quantitative estimate of drug-likeness (QED) is 0.495. The summed E-state index contributed by atoms with van der Waals surface area (Å²) in [5.74, 6) is -0.644. The second kappa shape index (κ2) is 3.66. The molecule has 0 aliphatic rings. The Kier molecular flexibility index (Phi) is 2.81. The van der Waals surface area contributed by atoms with Crippen LogP contribution in [0.3, 0.4) is 0 Å². The van der Waals surface area contributed by atoms with Crippen molar-refractivity contribution >= 4 is 12.6 Å². The van der Waals surface area contributed by atoms with Crippen molar-refractivity contribution in [3.8, 4) is 0 Å². The first-order valence-electron chi connectivity index (χ1n) is 3.50. The zero-order valence-corrected chi connectivity index (χ0v) is 6.37. The molecule has 1 aromatic carbocycles. The van der Waals surface area contributed by atoms with Gasteiger partial charge in [-0.2, -0.15) is 0 Å². The Labute approximate surface area is 69.8 Å². The number of benzene rings is 1. The molecule has 3 nitrogen and oxygen atoms in total. The summed E-state index contributed by atoms with van der Waals surface area (Å²) in [5.41, 5.74) is 5.35. The van der Waals surface area contributed by atoms with Crippen molar-refractivity contribution in [2.75, 3.05) is 0 Å². The molecule has 5 heteroatoms. The largest absolute Gasteiger partial charge is 0.491 e. The maximum absolute atomic E-state index is 13.1. The molecule has 0 amide bonds. The summed E-state index contributed by atoms with van der Waals surface area (Å²) < 4.78 is 13.1. The number of hydrogen-bond acceptors (Lipinski definition) is 3. The van der Waals surface area contributed by atoms with Gasteiger partial charge in [0.05, 0.1) is 0 Å². The van der Waals surface area contributed by atoms with Crippen molar-refractivity contribution < 1.29 is 14.4 Å². The molecule has 0 radical (unpaired) electrons. The lowest BCUT2D eigenvalue weighted by molar-refractivity contribution is 0.422. The smallest absolute Gasteiger partial charge is 0.423 e. The molecular formula is C7H9BFNO2. The topological polar surface area (TPSA) is 66.5 Å². The average molecular weight is 169 g/mol. The molecule has 4 N–H and O–H groups in total. The second-order valence-corrected chi connectivity index (χ2v) is 2.40. The Morgan fingerprint density at radius 3 is 2.58 bits per heavy atom. The highest BCUT2D eigenvalue weighted by atomic mass is 19.1. The summed E-state index contributed by atoms with van der Waals surface area (Å²) in [6.07, 6.45) is 0. The van der Waals surface area contributed by atoms with Gasteiger partial charge >= 0.3 is 7.12 Å². The van der Waals surface area contributed by atoms with Gasteiger partial charge < -0.3 is 15.8 Å². The zero-order valence-electron chi connectivity index (χ0n) is 6.37. The maximum Gasteiger partial charge on any atom is 0.491 e. The predicted molar refractivity (Wildman–Crippen MR) is 44.1 cm³/mol. The molecule has 0 heterocycles. The molecule has 0 spiro atoms. The van der Waals surface area contributed by atoms with Crippen LogP contribution in [0.2, 0.25) is 0 Å². The molecular weight excluding hydrogens is 160 g/mol. The Morgan fingerprint density at radius 1 is 1.42 bits per heavy atom. The minimum Gasteiger partial charge on any atom is -0.423 e. The van der Waals surface area contributed by atoms with Crippen LogP contribution in [0.5, 0.6) is 0 Å². The van der Waals surface area contributed by atoms with E-state index in [1.807, 2.05) is 0 Å². The first kappa shape index (κ1) is 9.19. The molecule has 0 aromatic heterocycles. The molecule has 0 aliphatic carbocycles. The summed E-state index contributed by atoms with van der Waals surface area (Å²) in [6.45, 7) is 0.0480. The van der Waals surface area contributed by atoms with Crippen molar-refractivity contribution in [2.45, 2.75) is 6.54 Å². The van der Waals surface area contributed by atoms with Gasteiger partial charge in [-0.05, 0) is 0 Å². The third-order valence-electron chi connectivity index (χ3n) is 1.61. The lowest BCUT2D eigenvalue weighted by Gasteiger charge is -2.04. The Morgan fingerprint density at radius 2 is 2.08 bits per heavy atom. The van der Waals surface area contributed by atoms with E-state index in [1.54, 1.807) is 0 Å². The van der Waals surface area contributed by atoms with E-state index in [0.717, 1.165) is 0 Å². The van der Waals surface area contributed by atoms with Crippen LogP contribution in [0, 0.1) is 5.82 Å². The van der Waals surface area contributed by atoms with Crippen molar-refractivity contribution in [2.24, 2.45) is 5.73 Å². The van der Waals surface area contributed by atoms with E-state index >= 15 is 0 Å². The highest BCUT2D eigenvalue weighted by molar-refractivity contribution is 6.58. The lowest BCUT2D eigenvalue weighted by atomic mass is 9.79. The van der Waals surface area contributed by atoms with Gasteiger partial charge in [-0.15, -0.1) is 0 Å². The molecule has 0 bridgehead atoms. The van der Waals surface area contributed by atoms with E-state index in [1.165, 1.54) is 18.2 Å². The van der Waals surface area contributed by atoms with E-state index in [0.29, 0.717) is 0 Å². The van der Waals surface area contributed by atoms with Crippen LogP contribution >= 0.6 is 0 Å². The summed E-state index contributed by atoms with van der Waals surface area (Å²) in [6, 6.07) is 4.33. The molecule has 0 saturated carbocycles. The van der Waals surface area contributed by atoms with Gasteiger partial charge in [0.25, 0.3) is 0 Å². The lowest BCUT2D eigenvalue weighted by Crippen LogP contribution is -2.33. The molecule has 0 fully saturated rings. The summed E-state index contributed by atoms with van der Waals surface area (Å²) in [7, 11) is -1.78. The first-order valence-corrected chi connectivity index (χ1v) is 3.50.